The maximum atomic E-state index is 4.07. The van der Waals surface area contributed by atoms with E-state index in [1.54, 1.807) is 0 Å². The molecule has 0 saturated heterocycles. The Labute approximate surface area is 116 Å². The zero-order valence-corrected chi connectivity index (χ0v) is 13.8. The van der Waals surface area contributed by atoms with Crippen molar-refractivity contribution in [2.24, 2.45) is 16.7 Å². The minimum Gasteiger partial charge on any atom is -0.103 e. The molecule has 0 heteroatoms. The summed E-state index contributed by atoms with van der Waals surface area (Å²) in [5, 5.41) is 0. The van der Waals surface area contributed by atoms with E-state index in [2.05, 4.69) is 54.2 Å². The van der Waals surface area contributed by atoms with Gasteiger partial charge in [0.1, 0.15) is 0 Å². The fourth-order valence-corrected chi connectivity index (χ4v) is 2.47. The minimum absolute atomic E-state index is 0.332. The highest BCUT2D eigenvalue weighted by Crippen LogP contribution is 2.46. The van der Waals surface area contributed by atoms with Gasteiger partial charge in [-0.2, -0.15) is 0 Å². The second-order valence-corrected chi connectivity index (χ2v) is 7.37. The molecule has 0 aromatic carbocycles. The molecule has 0 fully saturated rings. The van der Waals surface area contributed by atoms with E-state index in [1.807, 2.05) is 0 Å². The molecule has 1 unspecified atom stereocenters. The molecule has 0 heterocycles. The average Bonchev–Trinajstić information content (AvgIpc) is 2.26. The van der Waals surface area contributed by atoms with E-state index in [9.17, 15) is 0 Å². The van der Waals surface area contributed by atoms with E-state index in [4.69, 9.17) is 0 Å². The summed E-state index contributed by atoms with van der Waals surface area (Å²) in [6, 6.07) is 0. The van der Waals surface area contributed by atoms with Crippen molar-refractivity contribution in [2.45, 2.75) is 86.5 Å². The number of rotatable bonds is 9. The first kappa shape index (κ1) is 17.7. The molecule has 0 nitrogen and oxygen atoms in total. The van der Waals surface area contributed by atoms with Crippen molar-refractivity contribution in [3.8, 4) is 0 Å². The lowest BCUT2D eigenvalue weighted by atomic mass is 9.61. The quantitative estimate of drug-likeness (QED) is 0.320. The largest absolute Gasteiger partial charge is 0.103 e. The predicted octanol–water partition coefficient (Wildman–Crippen LogP) is 6.61. The first-order chi connectivity index (χ1) is 8.27. The smallest absolute Gasteiger partial charge is 0.0180 e. The summed E-state index contributed by atoms with van der Waals surface area (Å²) >= 11 is 0. The van der Waals surface area contributed by atoms with Gasteiger partial charge in [-0.1, -0.05) is 86.1 Å². The maximum absolute atomic E-state index is 4.07. The van der Waals surface area contributed by atoms with Crippen LogP contribution in [-0.4, -0.2) is 0 Å². The van der Waals surface area contributed by atoms with Gasteiger partial charge < -0.3 is 0 Å². The molecule has 0 rings (SSSR count). The van der Waals surface area contributed by atoms with Crippen LogP contribution >= 0.6 is 0 Å². The Morgan fingerprint density at radius 3 is 1.83 bits per heavy atom. The normalized spacial score (nSPS) is 14.6. The lowest BCUT2D eigenvalue weighted by molar-refractivity contribution is 0.0730. The Bertz CT molecular complexity index is 217. The van der Waals surface area contributed by atoms with E-state index < -0.39 is 0 Å². The van der Waals surface area contributed by atoms with Gasteiger partial charge in [0.15, 0.2) is 0 Å². The van der Waals surface area contributed by atoms with Crippen LogP contribution in [0.5, 0.6) is 0 Å². The van der Waals surface area contributed by atoms with Gasteiger partial charge in [-0.15, -0.1) is 6.58 Å². The standard InChI is InChI=1S/C18H36/c1-8-10-11-12-13-14-15-16(9-2)18(6,7)17(3,4)5/h9,16H,2,8,10-15H2,1,3-7H3. The molecule has 0 aromatic rings. The Balaban J connectivity index is 4.09. The predicted molar refractivity (Wildman–Crippen MR) is 84.9 cm³/mol. The van der Waals surface area contributed by atoms with Gasteiger partial charge in [-0.25, -0.2) is 0 Å². The minimum atomic E-state index is 0.332. The Morgan fingerprint density at radius 1 is 0.889 bits per heavy atom. The van der Waals surface area contributed by atoms with Gasteiger partial charge in [0.2, 0.25) is 0 Å². The molecule has 108 valence electrons. The van der Waals surface area contributed by atoms with Gasteiger partial charge in [-0.05, 0) is 23.2 Å². The van der Waals surface area contributed by atoms with Gasteiger partial charge in [0, 0.05) is 0 Å². The third-order valence-corrected chi connectivity index (χ3v) is 5.01. The summed E-state index contributed by atoms with van der Waals surface area (Å²) in [6.45, 7) is 18.2. The van der Waals surface area contributed by atoms with E-state index in [0.29, 0.717) is 16.7 Å². The highest BCUT2D eigenvalue weighted by atomic mass is 14.4. The second-order valence-electron chi connectivity index (χ2n) is 7.37. The van der Waals surface area contributed by atoms with Gasteiger partial charge in [0.25, 0.3) is 0 Å². The van der Waals surface area contributed by atoms with E-state index >= 15 is 0 Å². The van der Waals surface area contributed by atoms with Gasteiger partial charge in [-0.3, -0.25) is 0 Å². The monoisotopic (exact) mass is 252 g/mol. The number of hydrogen-bond donors (Lipinski definition) is 0. The van der Waals surface area contributed by atoms with E-state index in [-0.39, 0.29) is 0 Å². The Morgan fingerprint density at radius 2 is 1.39 bits per heavy atom. The lowest BCUT2D eigenvalue weighted by Crippen LogP contribution is -2.36. The molecule has 0 saturated carbocycles. The molecule has 18 heavy (non-hydrogen) atoms. The average molecular weight is 252 g/mol. The molecule has 0 aliphatic carbocycles. The number of hydrogen-bond acceptors (Lipinski definition) is 0. The van der Waals surface area contributed by atoms with Crippen LogP contribution in [0.25, 0.3) is 0 Å². The van der Waals surface area contributed by atoms with Crippen LogP contribution in [0.4, 0.5) is 0 Å². The second kappa shape index (κ2) is 8.02. The van der Waals surface area contributed by atoms with Crippen LogP contribution in [0, 0.1) is 16.7 Å². The Kier molecular flexibility index (Phi) is 7.90. The molecule has 0 amide bonds. The molecule has 1 atom stereocenters. The van der Waals surface area contributed by atoms with Crippen LogP contribution in [0.2, 0.25) is 0 Å². The Hall–Kier alpha value is -0.260. The first-order valence-corrected chi connectivity index (χ1v) is 7.90. The molecule has 0 aliphatic rings. The molecular formula is C18H36. The summed E-state index contributed by atoms with van der Waals surface area (Å²) < 4.78 is 0. The lowest BCUT2D eigenvalue weighted by Gasteiger charge is -2.44. The molecule has 0 N–H and O–H groups in total. The fourth-order valence-electron chi connectivity index (χ4n) is 2.47. The molecule has 0 radical (unpaired) electrons. The van der Waals surface area contributed by atoms with Crippen LogP contribution in [0.1, 0.15) is 86.5 Å². The summed E-state index contributed by atoms with van der Waals surface area (Å²) in [5.74, 6) is 0.642. The van der Waals surface area contributed by atoms with Gasteiger partial charge in [0.05, 0.1) is 0 Å². The van der Waals surface area contributed by atoms with Crippen LogP contribution in [0.15, 0.2) is 12.7 Å². The molecule has 0 bridgehead atoms. The SMILES string of the molecule is C=CC(CCCCCCCC)C(C)(C)C(C)(C)C. The summed E-state index contributed by atoms with van der Waals surface area (Å²) in [5.41, 5.74) is 0.673. The highest BCUT2D eigenvalue weighted by Gasteiger charge is 2.37. The molecular weight excluding hydrogens is 216 g/mol. The van der Waals surface area contributed by atoms with Crippen molar-refractivity contribution in [3.05, 3.63) is 12.7 Å². The highest BCUT2D eigenvalue weighted by molar-refractivity contribution is 4.96. The topological polar surface area (TPSA) is 0 Å². The zero-order chi connectivity index (χ0) is 14.2. The van der Waals surface area contributed by atoms with Crippen LogP contribution in [0.3, 0.4) is 0 Å². The summed E-state index contributed by atoms with van der Waals surface area (Å²) in [4.78, 5) is 0. The van der Waals surface area contributed by atoms with Gasteiger partial charge >= 0.3 is 0 Å². The molecule has 0 aliphatic heterocycles. The summed E-state index contributed by atoms with van der Waals surface area (Å²) in [6.07, 6.45) is 11.8. The maximum Gasteiger partial charge on any atom is -0.0180 e. The van der Waals surface area contributed by atoms with Crippen molar-refractivity contribution < 1.29 is 0 Å². The molecule has 0 aromatic heterocycles. The van der Waals surface area contributed by atoms with Crippen molar-refractivity contribution in [1.82, 2.24) is 0 Å². The van der Waals surface area contributed by atoms with Crippen molar-refractivity contribution in [3.63, 3.8) is 0 Å². The van der Waals surface area contributed by atoms with Crippen molar-refractivity contribution in [1.29, 1.82) is 0 Å². The third kappa shape index (κ3) is 5.59. The molecule has 0 spiro atoms. The van der Waals surface area contributed by atoms with Crippen LogP contribution in [-0.2, 0) is 0 Å². The van der Waals surface area contributed by atoms with Crippen molar-refractivity contribution in [2.75, 3.05) is 0 Å². The van der Waals surface area contributed by atoms with Crippen LogP contribution < -0.4 is 0 Å². The first-order valence-electron chi connectivity index (χ1n) is 7.90. The number of unbranched alkanes of at least 4 members (excludes halogenated alkanes) is 5. The number of allylic oxidation sites excluding steroid dienone is 1. The third-order valence-electron chi connectivity index (χ3n) is 5.01. The zero-order valence-electron chi connectivity index (χ0n) is 13.8. The van der Waals surface area contributed by atoms with E-state index in [1.165, 1.54) is 44.9 Å². The fraction of sp³-hybridized carbons (Fsp3) is 0.889. The summed E-state index contributed by atoms with van der Waals surface area (Å²) in [7, 11) is 0. The van der Waals surface area contributed by atoms with E-state index in [0.717, 1.165) is 0 Å². The van der Waals surface area contributed by atoms with Crippen molar-refractivity contribution >= 4 is 0 Å².